The normalized spacial score (nSPS) is 20.7. The number of alkyl halides is 2. The van der Waals surface area contributed by atoms with Crippen molar-refractivity contribution in [3.63, 3.8) is 0 Å². The molecular formula is C23H26F2N8O3S. The summed E-state index contributed by atoms with van der Waals surface area (Å²) in [6.45, 7) is 2.70. The molecule has 0 unspecified atom stereocenters. The van der Waals surface area contributed by atoms with Gasteiger partial charge in [-0.2, -0.15) is 4.98 Å². The van der Waals surface area contributed by atoms with Crippen molar-refractivity contribution in [3.8, 4) is 0 Å². The number of imidazole rings is 1. The van der Waals surface area contributed by atoms with E-state index in [0.717, 1.165) is 0 Å². The van der Waals surface area contributed by atoms with Gasteiger partial charge in [0.15, 0.2) is 5.65 Å². The summed E-state index contributed by atoms with van der Waals surface area (Å²) in [5.74, 6) is 0.294. The lowest BCUT2D eigenvalue weighted by atomic mass is 10.1. The van der Waals surface area contributed by atoms with Crippen molar-refractivity contribution < 1.29 is 21.9 Å². The number of ether oxygens (including phenoxy) is 1. The molecule has 0 amide bonds. The maximum atomic E-state index is 14.9. The predicted molar refractivity (Wildman–Crippen MR) is 129 cm³/mol. The fraction of sp³-hybridized carbons (Fsp3) is 0.522. The lowest BCUT2D eigenvalue weighted by Gasteiger charge is -2.31. The van der Waals surface area contributed by atoms with Crippen LogP contribution in [-0.4, -0.2) is 84.3 Å². The van der Waals surface area contributed by atoms with E-state index in [2.05, 4.69) is 20.0 Å². The van der Waals surface area contributed by atoms with Crippen LogP contribution in [0.4, 0.5) is 14.7 Å². The topological polar surface area (TPSA) is 118 Å². The maximum absolute atomic E-state index is 14.9. The maximum Gasteiger partial charge on any atom is 0.289 e. The minimum Gasteiger partial charge on any atom is -0.378 e. The first-order valence-corrected chi connectivity index (χ1v) is 14.0. The number of para-hydroxylation sites is 2. The van der Waals surface area contributed by atoms with E-state index >= 15 is 0 Å². The lowest BCUT2D eigenvalue weighted by Crippen LogP contribution is -2.39. The largest absolute Gasteiger partial charge is 0.378 e. The molecule has 3 aromatic rings. The van der Waals surface area contributed by atoms with E-state index in [1.807, 2.05) is 9.47 Å². The molecule has 2 saturated heterocycles. The quantitative estimate of drug-likeness (QED) is 0.473. The van der Waals surface area contributed by atoms with Crippen molar-refractivity contribution >= 4 is 27.1 Å². The van der Waals surface area contributed by atoms with Crippen molar-refractivity contribution in [2.75, 3.05) is 50.5 Å². The van der Waals surface area contributed by atoms with Crippen LogP contribution in [0.1, 0.15) is 24.6 Å². The number of fused-ring (bicyclic) bond motifs is 2. The third kappa shape index (κ3) is 4.16. The Bertz CT molecular complexity index is 1530. The molecule has 3 aliphatic heterocycles. The molecule has 0 aliphatic carbocycles. The molecule has 11 nitrogen and oxygen atoms in total. The van der Waals surface area contributed by atoms with Crippen LogP contribution in [-0.2, 0) is 20.4 Å². The lowest BCUT2D eigenvalue weighted by molar-refractivity contribution is 0.0557. The molecular weight excluding hydrogens is 506 g/mol. The molecule has 0 radical (unpaired) electrons. The van der Waals surface area contributed by atoms with Gasteiger partial charge in [-0.15, -0.1) is 0 Å². The number of nitrogens with zero attached hydrogens (tertiary/aromatic N) is 8. The van der Waals surface area contributed by atoms with E-state index in [-0.39, 0.29) is 17.3 Å². The monoisotopic (exact) mass is 532 g/mol. The Balaban J connectivity index is 1.50. The number of benzene rings is 1. The van der Waals surface area contributed by atoms with Crippen molar-refractivity contribution in [2.24, 2.45) is 9.98 Å². The number of anilines is 1. The molecule has 37 heavy (non-hydrogen) atoms. The molecule has 5 heterocycles. The van der Waals surface area contributed by atoms with Gasteiger partial charge in [0.05, 0.1) is 36.5 Å². The number of rotatable bonds is 5. The Morgan fingerprint density at radius 1 is 1.03 bits per heavy atom. The highest BCUT2D eigenvalue weighted by Crippen LogP contribution is 2.39. The molecule has 3 aliphatic rings. The second-order valence-electron chi connectivity index (χ2n) is 9.43. The van der Waals surface area contributed by atoms with Crippen molar-refractivity contribution in [1.82, 2.24) is 23.8 Å². The van der Waals surface area contributed by atoms with Crippen LogP contribution in [0.3, 0.4) is 0 Å². The molecule has 1 aromatic carbocycles. The molecule has 6 rings (SSSR count). The Hall–Kier alpha value is -3.10. The molecule has 14 heteroatoms. The van der Waals surface area contributed by atoms with E-state index in [4.69, 9.17) is 9.72 Å². The average Bonchev–Trinajstić information content (AvgIpc) is 3.51. The zero-order chi connectivity index (χ0) is 25.8. The van der Waals surface area contributed by atoms with Crippen LogP contribution in [0.15, 0.2) is 40.6 Å². The molecule has 0 atom stereocenters. The molecule has 2 fully saturated rings. The number of sulfonamides is 1. The third-order valence-electron chi connectivity index (χ3n) is 7.11. The van der Waals surface area contributed by atoms with Crippen molar-refractivity contribution in [3.05, 3.63) is 47.0 Å². The van der Waals surface area contributed by atoms with Crippen LogP contribution in [0.2, 0.25) is 0 Å². The smallest absolute Gasteiger partial charge is 0.289 e. The summed E-state index contributed by atoms with van der Waals surface area (Å²) in [6.07, 6.45) is 0.896. The summed E-state index contributed by atoms with van der Waals surface area (Å²) in [5.41, 5.74) is -1.67. The van der Waals surface area contributed by atoms with Crippen LogP contribution >= 0.6 is 0 Å². The summed E-state index contributed by atoms with van der Waals surface area (Å²) >= 11 is 0. The van der Waals surface area contributed by atoms with Gasteiger partial charge in [-0.1, -0.05) is 12.1 Å². The highest BCUT2D eigenvalue weighted by Gasteiger charge is 2.48. The van der Waals surface area contributed by atoms with Crippen LogP contribution in [0, 0.1) is 0 Å². The number of piperidine rings is 1. The van der Waals surface area contributed by atoms with Gasteiger partial charge in [0.25, 0.3) is 12.1 Å². The van der Waals surface area contributed by atoms with E-state index < -0.39 is 22.1 Å². The predicted octanol–water partition coefficient (Wildman–Crippen LogP) is 0.630. The minimum atomic E-state index is -3.29. The van der Waals surface area contributed by atoms with E-state index in [1.54, 1.807) is 30.6 Å². The first-order valence-electron chi connectivity index (χ1n) is 12.1. The third-order valence-corrected chi connectivity index (χ3v) is 8.41. The highest BCUT2D eigenvalue weighted by molar-refractivity contribution is 7.88. The Labute approximate surface area is 211 Å². The zero-order valence-corrected chi connectivity index (χ0v) is 21.0. The second kappa shape index (κ2) is 9.03. The number of hydrogen-bond donors (Lipinski definition) is 0. The molecule has 0 spiro atoms. The zero-order valence-electron chi connectivity index (χ0n) is 20.2. The van der Waals surface area contributed by atoms with E-state index in [0.29, 0.717) is 74.5 Å². The molecule has 196 valence electrons. The Morgan fingerprint density at radius 2 is 1.68 bits per heavy atom. The average molecular weight is 533 g/mol. The summed E-state index contributed by atoms with van der Waals surface area (Å²) in [5, 5.41) is 0.741. The van der Waals surface area contributed by atoms with Gasteiger partial charge < -0.3 is 14.2 Å². The second-order valence-corrected chi connectivity index (χ2v) is 11.4. The van der Waals surface area contributed by atoms with Crippen LogP contribution in [0.25, 0.3) is 11.2 Å². The van der Waals surface area contributed by atoms with Gasteiger partial charge in [-0.3, -0.25) is 0 Å². The minimum absolute atomic E-state index is 0.0440. The summed E-state index contributed by atoms with van der Waals surface area (Å²) in [4.78, 5) is 24.5. The van der Waals surface area contributed by atoms with Gasteiger partial charge in [0.1, 0.15) is 11.2 Å². The van der Waals surface area contributed by atoms with Gasteiger partial charge in [0, 0.05) is 32.2 Å². The van der Waals surface area contributed by atoms with Gasteiger partial charge >= 0.3 is 0 Å². The van der Waals surface area contributed by atoms with Gasteiger partial charge in [-0.05, 0) is 25.0 Å². The standard InChI is InChI=1S/C23H26F2N8O3S/c1-37(34,35)32-8-6-15(7-9-32)33-14-26-18-19(27-22(28-20(18)33)31-10-12-36-13-11-31)23(21(24)25)29-16-4-2-3-5-17(16)30-23/h2-5,14-15,21H,6-13H2,1H3. The summed E-state index contributed by atoms with van der Waals surface area (Å²) < 4.78 is 62.5. The first-order chi connectivity index (χ1) is 17.8. The molecule has 0 bridgehead atoms. The number of aromatic nitrogens is 4. The first kappa shape index (κ1) is 24.2. The van der Waals surface area contributed by atoms with Crippen LogP contribution < -0.4 is 15.6 Å². The van der Waals surface area contributed by atoms with Crippen molar-refractivity contribution in [1.29, 1.82) is 0 Å². The SMILES string of the molecule is CS(=O)(=O)N1CCC(n2cnc3c(C4(C(F)F)N=c5ccccc5=N4)nc(N4CCOCC4)nc32)CC1. The number of halogens is 2. The summed E-state index contributed by atoms with van der Waals surface area (Å²) in [6, 6.07) is 6.66. The summed E-state index contributed by atoms with van der Waals surface area (Å²) in [7, 11) is -3.29. The fourth-order valence-electron chi connectivity index (χ4n) is 5.14. The molecule has 0 saturated carbocycles. The van der Waals surface area contributed by atoms with Crippen molar-refractivity contribution in [2.45, 2.75) is 31.0 Å². The molecule has 2 aromatic heterocycles. The fourth-order valence-corrected chi connectivity index (χ4v) is 6.01. The number of morpholine rings is 1. The number of hydrogen-bond acceptors (Lipinski definition) is 9. The van der Waals surface area contributed by atoms with Gasteiger partial charge in [0.2, 0.25) is 16.0 Å². The van der Waals surface area contributed by atoms with Crippen LogP contribution in [0.5, 0.6) is 0 Å². The molecule has 0 N–H and O–H groups in total. The Kier molecular flexibility index (Phi) is 5.92. The Morgan fingerprint density at radius 3 is 2.27 bits per heavy atom. The van der Waals surface area contributed by atoms with E-state index in [1.165, 1.54) is 10.6 Å². The van der Waals surface area contributed by atoms with Gasteiger partial charge in [-0.25, -0.2) is 41.5 Å². The van der Waals surface area contributed by atoms with E-state index in [9.17, 15) is 17.2 Å². The highest BCUT2D eigenvalue weighted by atomic mass is 32.2.